The van der Waals surface area contributed by atoms with Gasteiger partial charge < -0.3 is 9.13 Å². The molecule has 0 aliphatic carbocycles. The van der Waals surface area contributed by atoms with Crippen molar-refractivity contribution in [2.75, 3.05) is 0 Å². The maximum absolute atomic E-state index is 2.47. The van der Waals surface area contributed by atoms with Crippen LogP contribution >= 0.6 is 22.7 Å². The zero-order valence-corrected chi connectivity index (χ0v) is 31.8. The molecule has 0 aliphatic heterocycles. The summed E-state index contributed by atoms with van der Waals surface area (Å²) >= 11 is 3.73. The highest BCUT2D eigenvalue weighted by molar-refractivity contribution is 7.22. The Morgan fingerprint density at radius 3 is 1.27 bits per heavy atom. The summed E-state index contributed by atoms with van der Waals surface area (Å²) in [6.45, 7) is 0. The molecule has 0 amide bonds. The lowest BCUT2D eigenvalue weighted by atomic mass is 10.0. The van der Waals surface area contributed by atoms with Gasteiger partial charge in [0.05, 0.1) is 22.1 Å². The predicted octanol–water partition coefficient (Wildman–Crippen LogP) is 15.3. The Labute approximate surface area is 331 Å². The van der Waals surface area contributed by atoms with Crippen LogP contribution in [0.15, 0.2) is 194 Å². The summed E-state index contributed by atoms with van der Waals surface area (Å²) in [7, 11) is 0. The van der Waals surface area contributed by atoms with Gasteiger partial charge in [0.25, 0.3) is 0 Å². The molecule has 12 aromatic rings. The first-order valence-electron chi connectivity index (χ1n) is 19.0. The molecule has 2 nitrogen and oxygen atoms in total. The van der Waals surface area contributed by atoms with Crippen LogP contribution in [-0.2, 0) is 0 Å². The van der Waals surface area contributed by atoms with Crippen molar-refractivity contribution in [2.45, 2.75) is 0 Å². The number of nitrogens with zero attached hydrogens (tertiary/aromatic N) is 2. The molecule has 4 heterocycles. The Balaban J connectivity index is 1.06. The average Bonchev–Trinajstić information content (AvgIpc) is 4.04. The van der Waals surface area contributed by atoms with Crippen LogP contribution in [0.1, 0.15) is 0 Å². The molecule has 0 aliphatic rings. The van der Waals surface area contributed by atoms with Crippen molar-refractivity contribution in [2.24, 2.45) is 0 Å². The number of benzene rings is 8. The van der Waals surface area contributed by atoms with Crippen LogP contribution in [0, 0.1) is 0 Å². The van der Waals surface area contributed by atoms with Gasteiger partial charge in [-0.1, -0.05) is 103 Å². The summed E-state index contributed by atoms with van der Waals surface area (Å²) in [6, 6.07) is 71.6. The van der Waals surface area contributed by atoms with Crippen LogP contribution in [0.5, 0.6) is 0 Å². The summed E-state index contributed by atoms with van der Waals surface area (Å²) in [5, 5.41) is 7.60. The number of fused-ring (bicyclic) bond motifs is 8. The fraction of sp³-hybridized carbons (Fsp3) is 0. The Morgan fingerprint density at radius 1 is 0.286 bits per heavy atom. The molecule has 0 saturated heterocycles. The molecule has 0 bridgehead atoms. The summed E-state index contributed by atoms with van der Waals surface area (Å²) in [4.78, 5) is 2.56. The number of hydrogen-bond donors (Lipinski definition) is 0. The van der Waals surface area contributed by atoms with E-state index in [-0.39, 0.29) is 0 Å². The molecule has 0 radical (unpaired) electrons. The molecular formula is C52H32N2S2. The molecular weight excluding hydrogens is 717 g/mol. The largest absolute Gasteiger partial charge is 0.309 e. The molecule has 0 N–H and O–H groups in total. The maximum atomic E-state index is 2.47. The zero-order chi connectivity index (χ0) is 36.7. The quantitative estimate of drug-likeness (QED) is 0.166. The van der Waals surface area contributed by atoms with Gasteiger partial charge in [-0.3, -0.25) is 0 Å². The predicted molar refractivity (Wildman–Crippen MR) is 242 cm³/mol. The number of thiophene rings is 2. The molecule has 0 spiro atoms. The highest BCUT2D eigenvalue weighted by atomic mass is 32.1. The first kappa shape index (κ1) is 31.6. The lowest BCUT2D eigenvalue weighted by Crippen LogP contribution is -1.95. The standard InChI is InChI=1S/C52H32N2S2/c1-2-14-39(15-3-1)53-45-18-8-6-16-41(45)43-29-33(22-24-47(43)53)34-23-25-48-44(30-34)42-17-7-9-19-46(42)54(48)40-27-37(51-31-35-12-4-10-20-49(35)55-51)26-38(28-40)52-32-36-13-5-11-21-50(36)56-52/h1-32H. The normalized spacial score (nSPS) is 11.9. The lowest BCUT2D eigenvalue weighted by Gasteiger charge is -2.13. The summed E-state index contributed by atoms with van der Waals surface area (Å²) in [6.07, 6.45) is 0. The van der Waals surface area contributed by atoms with Crippen molar-refractivity contribution >= 4 is 86.5 Å². The third kappa shape index (κ3) is 4.93. The highest BCUT2D eigenvalue weighted by Crippen LogP contribution is 2.43. The molecule has 0 saturated carbocycles. The fourth-order valence-electron chi connectivity index (χ4n) is 8.71. The van der Waals surface area contributed by atoms with Crippen LogP contribution in [0.4, 0.5) is 0 Å². The zero-order valence-electron chi connectivity index (χ0n) is 30.2. The minimum atomic E-state index is 1.17. The average molecular weight is 749 g/mol. The van der Waals surface area contributed by atoms with Crippen LogP contribution in [0.3, 0.4) is 0 Å². The summed E-state index contributed by atoms with van der Waals surface area (Å²) in [5.41, 5.74) is 12.1. The smallest absolute Gasteiger partial charge is 0.0541 e. The van der Waals surface area contributed by atoms with Gasteiger partial charge in [0.1, 0.15) is 0 Å². The van der Waals surface area contributed by atoms with Gasteiger partial charge in [0.15, 0.2) is 0 Å². The van der Waals surface area contributed by atoms with E-state index in [1.54, 1.807) is 0 Å². The van der Waals surface area contributed by atoms with Gasteiger partial charge in [-0.2, -0.15) is 0 Å². The molecule has 4 heteroatoms. The van der Waals surface area contributed by atoms with Crippen LogP contribution in [0.25, 0.3) is 107 Å². The Morgan fingerprint density at radius 2 is 0.732 bits per heavy atom. The Kier molecular flexibility index (Phi) is 7.00. The summed E-state index contributed by atoms with van der Waals surface area (Å²) in [5.74, 6) is 0. The van der Waals surface area contributed by atoms with E-state index in [0.717, 1.165) is 0 Å². The van der Waals surface area contributed by atoms with Crippen LogP contribution in [-0.4, -0.2) is 9.13 Å². The van der Waals surface area contributed by atoms with Crippen LogP contribution < -0.4 is 0 Å². The number of para-hydroxylation sites is 3. The fourth-order valence-corrected chi connectivity index (χ4v) is 10.8. The molecule has 12 rings (SSSR count). The number of rotatable bonds is 5. The van der Waals surface area contributed by atoms with Gasteiger partial charge in [0.2, 0.25) is 0 Å². The van der Waals surface area contributed by atoms with Gasteiger partial charge in [-0.05, 0) is 124 Å². The van der Waals surface area contributed by atoms with Crippen LogP contribution in [0.2, 0.25) is 0 Å². The minimum Gasteiger partial charge on any atom is -0.309 e. The number of hydrogen-bond acceptors (Lipinski definition) is 2. The minimum absolute atomic E-state index is 1.17. The molecule has 4 aromatic heterocycles. The third-order valence-corrected chi connectivity index (χ3v) is 13.6. The van der Waals surface area contributed by atoms with E-state index in [0.29, 0.717) is 0 Å². The van der Waals surface area contributed by atoms with Gasteiger partial charge in [-0.15, -0.1) is 22.7 Å². The highest BCUT2D eigenvalue weighted by Gasteiger charge is 2.18. The summed E-state index contributed by atoms with van der Waals surface area (Å²) < 4.78 is 7.47. The van der Waals surface area contributed by atoms with Crippen molar-refractivity contribution in [3.05, 3.63) is 194 Å². The van der Waals surface area contributed by atoms with Gasteiger partial charge in [-0.25, -0.2) is 0 Å². The van der Waals surface area contributed by atoms with Crippen molar-refractivity contribution in [1.82, 2.24) is 9.13 Å². The van der Waals surface area contributed by atoms with Gasteiger partial charge >= 0.3 is 0 Å². The Hall–Kier alpha value is -6.72. The van der Waals surface area contributed by atoms with Crippen molar-refractivity contribution in [1.29, 1.82) is 0 Å². The van der Waals surface area contributed by atoms with E-state index >= 15 is 0 Å². The SMILES string of the molecule is c1ccc(-n2c3ccccc3c3cc(-c4ccc5c(c4)c4ccccc4n5-c4cc(-c5cc6ccccc6s5)cc(-c5cc6ccccc6s5)c4)ccc32)cc1. The van der Waals surface area contributed by atoms with Gasteiger partial charge in [0, 0.05) is 52.1 Å². The van der Waals surface area contributed by atoms with E-state index in [1.165, 1.54) is 107 Å². The second-order valence-corrected chi connectivity index (χ2v) is 16.7. The van der Waals surface area contributed by atoms with E-state index < -0.39 is 0 Å². The maximum Gasteiger partial charge on any atom is 0.0541 e. The molecule has 0 atom stereocenters. The molecule has 262 valence electrons. The first-order valence-corrected chi connectivity index (χ1v) is 20.6. The van der Waals surface area contributed by atoms with Crippen molar-refractivity contribution in [3.8, 4) is 43.4 Å². The molecule has 8 aromatic carbocycles. The second-order valence-electron chi connectivity index (χ2n) is 14.6. The van der Waals surface area contributed by atoms with E-state index in [9.17, 15) is 0 Å². The van der Waals surface area contributed by atoms with E-state index in [2.05, 4.69) is 203 Å². The topological polar surface area (TPSA) is 9.86 Å². The molecule has 56 heavy (non-hydrogen) atoms. The second kappa shape index (κ2) is 12.4. The van der Waals surface area contributed by atoms with Crippen molar-refractivity contribution in [3.63, 3.8) is 0 Å². The molecule has 0 fully saturated rings. The lowest BCUT2D eigenvalue weighted by molar-refractivity contribution is 1.18. The number of aromatic nitrogens is 2. The third-order valence-electron chi connectivity index (χ3n) is 11.3. The van der Waals surface area contributed by atoms with Crippen molar-refractivity contribution < 1.29 is 0 Å². The first-order chi connectivity index (χ1) is 27.7. The Bertz CT molecular complexity index is 3330. The monoisotopic (exact) mass is 748 g/mol. The van der Waals surface area contributed by atoms with E-state index in [4.69, 9.17) is 0 Å². The van der Waals surface area contributed by atoms with E-state index in [1.807, 2.05) is 22.7 Å². The molecule has 0 unspecified atom stereocenters.